The molecule has 0 bridgehead atoms. The lowest BCUT2D eigenvalue weighted by Gasteiger charge is -2.14. The molecule has 1 aromatic carbocycles. The third-order valence-electron chi connectivity index (χ3n) is 6.06. The van der Waals surface area contributed by atoms with Crippen LogP contribution >= 0.6 is 0 Å². The molecule has 4 aromatic heterocycles. The smallest absolute Gasteiger partial charge is 0.324 e. The van der Waals surface area contributed by atoms with Crippen LogP contribution < -0.4 is 15.4 Å². The van der Waals surface area contributed by atoms with Crippen LogP contribution in [0.4, 0.5) is 16.3 Å². The highest BCUT2D eigenvalue weighted by Crippen LogP contribution is 2.35. The second kappa shape index (κ2) is 10.1. The largest absolute Gasteiger partial charge is 0.457 e. The molecule has 11 nitrogen and oxygen atoms in total. The molecule has 0 fully saturated rings. The standard InChI is InChI=1S/C28H30N8O3/c1-16-23(17(2)39-35-16)24-25(33-26(32-24)28(3,4)5)34-27(37)31-19-7-9-20(10-8-19)38-22-11-12-29-14-21(22)18-13-30-36(6)15-18/h7-15H,1-6H3,(H,32,33)(H2,31,34,37). The first-order valence-electron chi connectivity index (χ1n) is 12.4. The van der Waals surface area contributed by atoms with Crippen molar-refractivity contribution in [2.24, 2.45) is 7.05 Å². The number of anilines is 2. The lowest BCUT2D eigenvalue weighted by molar-refractivity contribution is 0.262. The van der Waals surface area contributed by atoms with E-state index in [2.05, 4.69) is 30.9 Å². The maximum absolute atomic E-state index is 13.0. The highest BCUT2D eigenvalue weighted by atomic mass is 16.5. The van der Waals surface area contributed by atoms with Gasteiger partial charge in [0.15, 0.2) is 0 Å². The van der Waals surface area contributed by atoms with Crippen LogP contribution in [0.3, 0.4) is 0 Å². The Balaban J connectivity index is 1.31. The summed E-state index contributed by atoms with van der Waals surface area (Å²) in [5, 5.41) is 14.0. The summed E-state index contributed by atoms with van der Waals surface area (Å²) in [6.45, 7) is 9.79. The summed E-state index contributed by atoms with van der Waals surface area (Å²) in [6, 6.07) is 8.48. The fourth-order valence-electron chi connectivity index (χ4n) is 4.08. The summed E-state index contributed by atoms with van der Waals surface area (Å²) < 4.78 is 13.2. The van der Waals surface area contributed by atoms with Gasteiger partial charge in [0.1, 0.15) is 34.6 Å². The Labute approximate surface area is 225 Å². The number of hydrogen-bond acceptors (Lipinski definition) is 7. The third kappa shape index (κ3) is 5.52. The van der Waals surface area contributed by atoms with Gasteiger partial charge in [0, 0.05) is 47.9 Å². The first-order valence-corrected chi connectivity index (χ1v) is 12.4. The van der Waals surface area contributed by atoms with Gasteiger partial charge in [-0.2, -0.15) is 5.10 Å². The molecule has 39 heavy (non-hydrogen) atoms. The van der Waals surface area contributed by atoms with Crippen molar-refractivity contribution in [1.82, 2.24) is 29.9 Å². The second-order valence-corrected chi connectivity index (χ2v) is 10.2. The van der Waals surface area contributed by atoms with E-state index in [1.54, 1.807) is 53.6 Å². The maximum atomic E-state index is 13.0. The highest BCUT2D eigenvalue weighted by molar-refractivity contribution is 6.01. The predicted octanol–water partition coefficient (Wildman–Crippen LogP) is 6.21. The van der Waals surface area contributed by atoms with Gasteiger partial charge in [-0.25, -0.2) is 9.78 Å². The van der Waals surface area contributed by atoms with E-state index in [1.807, 2.05) is 47.9 Å². The van der Waals surface area contributed by atoms with Crippen LogP contribution in [0, 0.1) is 13.8 Å². The van der Waals surface area contributed by atoms with Crippen LogP contribution in [0.1, 0.15) is 38.0 Å². The number of benzene rings is 1. The van der Waals surface area contributed by atoms with Crippen LogP contribution in [0.2, 0.25) is 0 Å². The second-order valence-electron chi connectivity index (χ2n) is 10.2. The molecule has 0 radical (unpaired) electrons. The van der Waals surface area contributed by atoms with E-state index >= 15 is 0 Å². The minimum Gasteiger partial charge on any atom is -0.457 e. The zero-order chi connectivity index (χ0) is 27.7. The van der Waals surface area contributed by atoms with Crippen molar-refractivity contribution >= 4 is 17.5 Å². The summed E-state index contributed by atoms with van der Waals surface area (Å²) in [7, 11) is 1.86. The topological polar surface area (TPSA) is 136 Å². The van der Waals surface area contributed by atoms with Gasteiger partial charge in [0.25, 0.3) is 0 Å². The molecule has 0 aliphatic heterocycles. The van der Waals surface area contributed by atoms with E-state index < -0.39 is 6.03 Å². The number of aryl methyl sites for hydroxylation is 3. The summed E-state index contributed by atoms with van der Waals surface area (Å²) in [4.78, 5) is 25.2. The van der Waals surface area contributed by atoms with E-state index in [0.717, 1.165) is 22.5 Å². The zero-order valence-corrected chi connectivity index (χ0v) is 22.7. The number of carbonyl (C=O) groups is 1. The first kappa shape index (κ1) is 25.7. The quantitative estimate of drug-likeness (QED) is 0.239. The number of ether oxygens (including phenoxy) is 1. The van der Waals surface area contributed by atoms with Crippen molar-refractivity contribution in [3.05, 3.63) is 72.4 Å². The summed E-state index contributed by atoms with van der Waals surface area (Å²) in [6.07, 6.45) is 7.07. The predicted molar refractivity (Wildman–Crippen MR) is 148 cm³/mol. The van der Waals surface area contributed by atoms with Crippen LogP contribution in [-0.4, -0.2) is 35.9 Å². The molecule has 5 rings (SSSR count). The Morgan fingerprint density at radius 3 is 2.49 bits per heavy atom. The summed E-state index contributed by atoms with van der Waals surface area (Å²) in [5.41, 5.74) is 4.09. The molecule has 0 spiro atoms. The molecule has 0 unspecified atom stereocenters. The third-order valence-corrected chi connectivity index (χ3v) is 6.06. The zero-order valence-electron chi connectivity index (χ0n) is 22.7. The van der Waals surface area contributed by atoms with Crippen LogP contribution in [0.5, 0.6) is 11.5 Å². The van der Waals surface area contributed by atoms with Crippen molar-refractivity contribution < 1.29 is 14.1 Å². The molecule has 200 valence electrons. The molecule has 0 saturated carbocycles. The Morgan fingerprint density at radius 1 is 1.08 bits per heavy atom. The van der Waals surface area contributed by atoms with Crippen molar-refractivity contribution in [3.63, 3.8) is 0 Å². The summed E-state index contributed by atoms with van der Waals surface area (Å²) in [5.74, 6) is 3.08. The number of amides is 2. The monoisotopic (exact) mass is 526 g/mol. The van der Waals surface area contributed by atoms with Gasteiger partial charge in [-0.05, 0) is 44.2 Å². The molecule has 2 amide bonds. The fourth-order valence-corrected chi connectivity index (χ4v) is 4.08. The van der Waals surface area contributed by atoms with E-state index in [1.165, 1.54) is 0 Å². The number of urea groups is 1. The molecule has 0 aliphatic carbocycles. The number of imidazole rings is 1. The molecule has 4 heterocycles. The van der Waals surface area contributed by atoms with Crippen molar-refractivity contribution in [1.29, 1.82) is 0 Å². The number of pyridine rings is 1. The van der Waals surface area contributed by atoms with Gasteiger partial charge < -0.3 is 19.6 Å². The molecule has 0 aliphatic rings. The van der Waals surface area contributed by atoms with Crippen LogP contribution in [0.15, 0.2) is 59.6 Å². The number of H-pyrrole nitrogens is 1. The molecule has 0 saturated heterocycles. The fraction of sp³-hybridized carbons (Fsp3) is 0.250. The van der Waals surface area contributed by atoms with E-state index in [0.29, 0.717) is 40.2 Å². The number of aromatic nitrogens is 6. The van der Waals surface area contributed by atoms with Gasteiger partial charge in [-0.3, -0.25) is 15.0 Å². The number of nitrogens with zero attached hydrogens (tertiary/aromatic N) is 5. The minimum atomic E-state index is -0.422. The molecular weight excluding hydrogens is 496 g/mol. The van der Waals surface area contributed by atoms with E-state index in [-0.39, 0.29) is 5.41 Å². The summed E-state index contributed by atoms with van der Waals surface area (Å²) >= 11 is 0. The molecular formula is C28H30N8O3. The van der Waals surface area contributed by atoms with Gasteiger partial charge in [0.2, 0.25) is 0 Å². The van der Waals surface area contributed by atoms with Crippen LogP contribution in [-0.2, 0) is 12.5 Å². The number of carbonyl (C=O) groups excluding carboxylic acids is 1. The van der Waals surface area contributed by atoms with Gasteiger partial charge in [-0.1, -0.05) is 25.9 Å². The number of aromatic amines is 1. The first-order chi connectivity index (χ1) is 18.6. The lowest BCUT2D eigenvalue weighted by Crippen LogP contribution is -2.20. The van der Waals surface area contributed by atoms with Crippen molar-refractivity contribution in [2.75, 3.05) is 10.6 Å². The molecule has 0 atom stereocenters. The Morgan fingerprint density at radius 2 is 1.85 bits per heavy atom. The van der Waals surface area contributed by atoms with Gasteiger partial charge in [-0.15, -0.1) is 0 Å². The average molecular weight is 527 g/mol. The van der Waals surface area contributed by atoms with Gasteiger partial charge >= 0.3 is 6.03 Å². The molecule has 11 heteroatoms. The Bertz CT molecular complexity index is 1600. The SMILES string of the molecule is Cc1noc(C)c1-c1nc(C(C)(C)C)[nH]c1NC(=O)Nc1ccc(Oc2ccncc2-c2cnn(C)c2)cc1. The molecule has 3 N–H and O–H groups in total. The van der Waals surface area contributed by atoms with Crippen molar-refractivity contribution in [2.45, 2.75) is 40.0 Å². The number of hydrogen-bond donors (Lipinski definition) is 3. The van der Waals surface area contributed by atoms with Crippen molar-refractivity contribution in [3.8, 4) is 33.9 Å². The number of rotatable bonds is 6. The van der Waals surface area contributed by atoms with Gasteiger partial charge in [0.05, 0.1) is 17.5 Å². The lowest BCUT2D eigenvalue weighted by atomic mass is 9.96. The normalized spacial score (nSPS) is 11.4. The Hall–Kier alpha value is -4.93. The Kier molecular flexibility index (Phi) is 6.65. The maximum Gasteiger partial charge on any atom is 0.324 e. The van der Waals surface area contributed by atoms with Crippen LogP contribution in [0.25, 0.3) is 22.4 Å². The molecule has 5 aromatic rings. The van der Waals surface area contributed by atoms with E-state index in [9.17, 15) is 4.79 Å². The minimum absolute atomic E-state index is 0.258. The average Bonchev–Trinajstić information content (AvgIpc) is 3.59. The number of nitrogens with one attached hydrogen (secondary N) is 3. The van der Waals surface area contributed by atoms with E-state index in [4.69, 9.17) is 14.2 Å². The highest BCUT2D eigenvalue weighted by Gasteiger charge is 2.26.